The van der Waals surface area contributed by atoms with E-state index in [1.165, 1.54) is 12.1 Å². The summed E-state index contributed by atoms with van der Waals surface area (Å²) in [6.07, 6.45) is 0. The van der Waals surface area contributed by atoms with Gasteiger partial charge in [-0.25, -0.2) is 9.18 Å². The minimum atomic E-state index is -1.35. The maximum Gasteiger partial charge on any atom is 0.338 e. The highest BCUT2D eigenvalue weighted by Gasteiger charge is 2.11. The van der Waals surface area contributed by atoms with Gasteiger partial charge in [-0.3, -0.25) is 0 Å². The van der Waals surface area contributed by atoms with Gasteiger partial charge in [0, 0.05) is 4.91 Å². The summed E-state index contributed by atoms with van der Waals surface area (Å²) in [4.78, 5) is 13.1. The number of benzene rings is 1. The number of hydrogen-bond donors (Lipinski definition) is 1. The summed E-state index contributed by atoms with van der Waals surface area (Å²) < 4.78 is 13.4. The van der Waals surface area contributed by atoms with Gasteiger partial charge in [-0.05, 0) is 17.7 Å². The molecule has 1 aromatic rings. The topological polar surface area (TPSA) is 86.1 Å². The van der Waals surface area contributed by atoms with Crippen LogP contribution in [-0.2, 0) is 0 Å². The molecule has 0 spiro atoms. The van der Waals surface area contributed by atoms with E-state index < -0.39 is 17.3 Å². The molecule has 0 amide bonds. The zero-order valence-electron chi connectivity index (χ0n) is 8.01. The predicted molar refractivity (Wildman–Crippen MR) is 54.3 cm³/mol. The van der Waals surface area contributed by atoms with E-state index >= 15 is 0 Å². The Morgan fingerprint density at radius 2 is 2.38 bits per heavy atom. The molecule has 1 N–H and O–H groups in total. The van der Waals surface area contributed by atoms with Crippen molar-refractivity contribution in [1.29, 1.82) is 0 Å². The molecule has 0 heterocycles. The summed E-state index contributed by atoms with van der Waals surface area (Å²) in [6, 6.07) is 3.89. The molecule has 1 rings (SSSR count). The van der Waals surface area contributed by atoms with Crippen LogP contribution < -0.4 is 0 Å². The van der Waals surface area contributed by atoms with E-state index in [9.17, 15) is 9.18 Å². The lowest BCUT2D eigenvalue weighted by molar-refractivity contribution is 0.0692. The highest BCUT2D eigenvalue weighted by atomic mass is 19.1. The number of aromatic carboxylic acids is 1. The van der Waals surface area contributed by atoms with Gasteiger partial charge in [-0.2, -0.15) is 0 Å². The summed E-state index contributed by atoms with van der Waals surface area (Å²) in [5.41, 5.74) is 7.50. The van der Waals surface area contributed by atoms with Crippen molar-refractivity contribution in [3.05, 3.63) is 45.6 Å². The molecule has 0 saturated heterocycles. The molecule has 80 valence electrons. The minimum Gasteiger partial charge on any atom is -0.478 e. The van der Waals surface area contributed by atoms with Crippen LogP contribution in [0.25, 0.3) is 10.4 Å². The fraction of sp³-hybridized carbons (Fsp3) is 0.100. The lowest BCUT2D eigenvalue weighted by atomic mass is 10.1. The first kappa shape index (κ1) is 11.6. The van der Waals surface area contributed by atoms with Gasteiger partial charge in [0.05, 0.1) is 17.7 Å². The van der Waals surface area contributed by atoms with Crippen LogP contribution >= 0.6 is 0 Å². The van der Waals surface area contributed by atoms with Gasteiger partial charge in [0.25, 0.3) is 0 Å². The number of nitrogens with zero attached hydrogens (tertiary/aromatic N) is 3. The molecular formula is C10H6FN3O2. The highest BCUT2D eigenvalue weighted by molar-refractivity contribution is 5.88. The molecule has 0 radical (unpaired) electrons. The minimum absolute atomic E-state index is 0.0342. The Morgan fingerprint density at radius 1 is 1.62 bits per heavy atom. The summed E-state index contributed by atoms with van der Waals surface area (Å²) >= 11 is 0. The lowest BCUT2D eigenvalue weighted by Gasteiger charge is -1.98. The SMILES string of the molecule is [N-]=[N+]=NCC#Cc1cccc(C(=O)O)c1F. The molecule has 16 heavy (non-hydrogen) atoms. The van der Waals surface area contributed by atoms with Crippen molar-refractivity contribution in [2.75, 3.05) is 6.54 Å². The van der Waals surface area contributed by atoms with Gasteiger partial charge in [-0.15, -0.1) is 0 Å². The number of carboxylic acid groups (broad SMARTS) is 1. The van der Waals surface area contributed by atoms with Crippen molar-refractivity contribution in [3.8, 4) is 11.8 Å². The number of carboxylic acids is 1. The molecule has 0 saturated carbocycles. The first-order chi connectivity index (χ1) is 7.66. The average Bonchev–Trinajstić information content (AvgIpc) is 2.26. The molecule has 0 unspecified atom stereocenters. The van der Waals surface area contributed by atoms with Gasteiger partial charge in [0.1, 0.15) is 0 Å². The van der Waals surface area contributed by atoms with Crippen molar-refractivity contribution in [1.82, 2.24) is 0 Å². The summed E-state index contributed by atoms with van der Waals surface area (Å²) in [5.74, 6) is 2.56. The Morgan fingerprint density at radius 3 is 3.00 bits per heavy atom. The van der Waals surface area contributed by atoms with E-state index in [2.05, 4.69) is 21.9 Å². The zero-order valence-corrected chi connectivity index (χ0v) is 8.01. The zero-order chi connectivity index (χ0) is 12.0. The van der Waals surface area contributed by atoms with Crippen LogP contribution in [0.3, 0.4) is 0 Å². The van der Waals surface area contributed by atoms with E-state index in [0.717, 1.165) is 6.07 Å². The molecular weight excluding hydrogens is 213 g/mol. The third-order valence-electron chi connectivity index (χ3n) is 1.67. The fourth-order valence-electron chi connectivity index (χ4n) is 0.995. The fourth-order valence-corrected chi connectivity index (χ4v) is 0.995. The second-order valence-corrected chi connectivity index (χ2v) is 2.66. The Hall–Kier alpha value is -2.51. The smallest absolute Gasteiger partial charge is 0.338 e. The van der Waals surface area contributed by atoms with Crippen LogP contribution in [0.2, 0.25) is 0 Å². The second kappa shape index (κ2) is 5.39. The van der Waals surface area contributed by atoms with Gasteiger partial charge in [-0.1, -0.05) is 23.0 Å². The first-order valence-electron chi connectivity index (χ1n) is 4.18. The van der Waals surface area contributed by atoms with Gasteiger partial charge in [0.2, 0.25) is 0 Å². The number of carbonyl (C=O) groups is 1. The van der Waals surface area contributed by atoms with Gasteiger partial charge < -0.3 is 5.11 Å². The van der Waals surface area contributed by atoms with Crippen LogP contribution in [0, 0.1) is 17.7 Å². The van der Waals surface area contributed by atoms with Crippen molar-refractivity contribution >= 4 is 5.97 Å². The lowest BCUT2D eigenvalue weighted by Crippen LogP contribution is -2.01. The summed E-state index contributed by atoms with van der Waals surface area (Å²) in [6.45, 7) is -0.0900. The molecule has 0 aliphatic heterocycles. The largest absolute Gasteiger partial charge is 0.478 e. The van der Waals surface area contributed by atoms with Crippen molar-refractivity contribution < 1.29 is 14.3 Å². The molecule has 0 bridgehead atoms. The molecule has 5 nitrogen and oxygen atoms in total. The van der Waals surface area contributed by atoms with E-state index in [4.69, 9.17) is 10.6 Å². The molecule has 0 fully saturated rings. The maximum absolute atomic E-state index is 13.4. The Bertz CT molecular complexity index is 525. The average molecular weight is 219 g/mol. The van der Waals surface area contributed by atoms with Gasteiger partial charge in [0.15, 0.2) is 5.82 Å². The molecule has 6 heteroatoms. The Kier molecular flexibility index (Phi) is 3.90. The normalized spacial score (nSPS) is 8.56. The molecule has 0 aliphatic rings. The predicted octanol–water partition coefficient (Wildman–Crippen LogP) is 2.19. The third kappa shape index (κ3) is 2.74. The molecule has 0 atom stereocenters. The number of hydrogen-bond acceptors (Lipinski definition) is 2. The summed E-state index contributed by atoms with van der Waals surface area (Å²) in [5, 5.41) is 11.8. The van der Waals surface area contributed by atoms with E-state index in [1.54, 1.807) is 0 Å². The maximum atomic E-state index is 13.4. The van der Waals surface area contributed by atoms with Crippen LogP contribution in [0.1, 0.15) is 15.9 Å². The van der Waals surface area contributed by atoms with Crippen molar-refractivity contribution in [2.45, 2.75) is 0 Å². The standard InChI is InChI=1S/C10H6FN3O2/c11-9-7(4-2-6-13-14-12)3-1-5-8(9)10(15)16/h1,3,5H,6H2,(H,15,16). The highest BCUT2D eigenvalue weighted by Crippen LogP contribution is 2.11. The number of halogens is 1. The van der Waals surface area contributed by atoms with Crippen molar-refractivity contribution in [2.24, 2.45) is 5.11 Å². The third-order valence-corrected chi connectivity index (χ3v) is 1.67. The van der Waals surface area contributed by atoms with Gasteiger partial charge >= 0.3 is 5.97 Å². The summed E-state index contributed by atoms with van der Waals surface area (Å²) in [7, 11) is 0. The van der Waals surface area contributed by atoms with E-state index in [1.807, 2.05) is 0 Å². The van der Waals surface area contributed by atoms with E-state index in [-0.39, 0.29) is 12.1 Å². The quantitative estimate of drug-likeness (QED) is 0.357. The van der Waals surface area contributed by atoms with E-state index in [0.29, 0.717) is 0 Å². The van der Waals surface area contributed by atoms with Crippen molar-refractivity contribution in [3.63, 3.8) is 0 Å². The Balaban J connectivity index is 3.04. The monoisotopic (exact) mass is 219 g/mol. The second-order valence-electron chi connectivity index (χ2n) is 2.66. The Labute approximate surface area is 90.1 Å². The molecule has 0 aromatic heterocycles. The molecule has 0 aliphatic carbocycles. The van der Waals surface area contributed by atoms with Crippen LogP contribution in [0.4, 0.5) is 4.39 Å². The number of azide groups is 1. The van der Waals surface area contributed by atoms with Crippen LogP contribution in [-0.4, -0.2) is 17.6 Å². The first-order valence-corrected chi connectivity index (χ1v) is 4.18. The number of rotatable bonds is 2. The van der Waals surface area contributed by atoms with Crippen LogP contribution in [0.5, 0.6) is 0 Å². The molecule has 1 aromatic carbocycles. The van der Waals surface area contributed by atoms with Crippen LogP contribution in [0.15, 0.2) is 23.3 Å².